The largest absolute Gasteiger partial charge is 0.465 e. The Kier molecular flexibility index (Phi) is 7.52. The molecule has 1 aromatic carbocycles. The van der Waals surface area contributed by atoms with E-state index in [-0.39, 0.29) is 29.8 Å². The molecule has 0 unspecified atom stereocenters. The van der Waals surface area contributed by atoms with Gasteiger partial charge in [0, 0.05) is 38.3 Å². The molecule has 5 rings (SSSR count). The SMILES string of the molecule is CC(C)N[C@@H]1CN(c2cc(C#N)cc(Nc3nc(NC4CC4)c4ncc(C#N)n4n3)c2Cl)CC[C@@H]1N(C)C(=O)O. The zero-order valence-corrected chi connectivity index (χ0v) is 23.1. The summed E-state index contributed by atoms with van der Waals surface area (Å²) < 4.78 is 1.43. The summed E-state index contributed by atoms with van der Waals surface area (Å²) in [5.74, 6) is 0.690. The molecule has 4 N–H and O–H groups in total. The van der Waals surface area contributed by atoms with E-state index < -0.39 is 6.09 Å². The van der Waals surface area contributed by atoms with Crippen LogP contribution >= 0.6 is 11.6 Å². The second-order valence-electron chi connectivity index (χ2n) is 10.4. The average molecular weight is 564 g/mol. The third-order valence-electron chi connectivity index (χ3n) is 7.09. The second-order valence-corrected chi connectivity index (χ2v) is 10.8. The Morgan fingerprint density at radius 1 is 1.25 bits per heavy atom. The summed E-state index contributed by atoms with van der Waals surface area (Å²) >= 11 is 6.93. The Bertz CT molecular complexity index is 1520. The minimum atomic E-state index is -0.977. The maximum atomic E-state index is 11.7. The fraction of sp³-hybridized carbons (Fsp3) is 0.462. The number of likely N-dealkylation sites (N-methyl/N-ethyl adjacent to an activating group) is 1. The molecule has 208 valence electrons. The molecule has 40 heavy (non-hydrogen) atoms. The van der Waals surface area contributed by atoms with Crippen molar-refractivity contribution in [2.24, 2.45) is 0 Å². The van der Waals surface area contributed by atoms with Crippen molar-refractivity contribution >= 4 is 46.5 Å². The van der Waals surface area contributed by atoms with E-state index in [1.807, 2.05) is 13.8 Å². The molecule has 2 fully saturated rings. The van der Waals surface area contributed by atoms with Crippen molar-refractivity contribution in [2.75, 3.05) is 35.7 Å². The van der Waals surface area contributed by atoms with Crippen molar-refractivity contribution in [1.82, 2.24) is 29.8 Å². The van der Waals surface area contributed by atoms with Crippen LogP contribution in [0, 0.1) is 22.7 Å². The van der Waals surface area contributed by atoms with Gasteiger partial charge < -0.3 is 30.9 Å². The number of rotatable bonds is 8. The summed E-state index contributed by atoms with van der Waals surface area (Å²) in [6.45, 7) is 5.07. The number of halogens is 1. The number of nitrogens with one attached hydrogen (secondary N) is 3. The Balaban J connectivity index is 1.48. The normalized spacial score (nSPS) is 18.8. The number of carboxylic acid groups (broad SMARTS) is 1. The van der Waals surface area contributed by atoms with Gasteiger partial charge in [0.15, 0.2) is 17.2 Å². The van der Waals surface area contributed by atoms with E-state index in [2.05, 4.69) is 48.1 Å². The van der Waals surface area contributed by atoms with E-state index in [0.717, 1.165) is 12.8 Å². The number of imidazole rings is 1. The van der Waals surface area contributed by atoms with Crippen molar-refractivity contribution in [1.29, 1.82) is 10.5 Å². The van der Waals surface area contributed by atoms with Gasteiger partial charge in [0.05, 0.1) is 40.3 Å². The molecule has 13 nitrogen and oxygen atoms in total. The molecule has 2 aliphatic rings. The van der Waals surface area contributed by atoms with Gasteiger partial charge in [0.2, 0.25) is 5.95 Å². The first kappa shape index (κ1) is 27.2. The molecule has 3 heterocycles. The van der Waals surface area contributed by atoms with Gasteiger partial charge >= 0.3 is 6.09 Å². The Labute approximate surface area is 236 Å². The van der Waals surface area contributed by atoms with Crippen LogP contribution in [0.3, 0.4) is 0 Å². The molecule has 1 saturated heterocycles. The molecule has 1 amide bonds. The molecular formula is C26H30ClN11O2. The standard InChI is InChI=1S/C26H30ClN11O2/c1-14(2)31-19-13-37(7-6-20(19)36(3)26(39)40)21-9-15(10-28)8-18(22(21)27)33-25-34-23(32-16-4-5-16)24-30-12-17(11-29)38(24)35-25/h8-9,12,14,16,19-20,31H,4-7,13H2,1-3H3,(H,39,40)(H2,32,33,34,35)/t19-,20+/m1/s1. The molecule has 0 spiro atoms. The van der Waals surface area contributed by atoms with E-state index in [0.29, 0.717) is 59.0 Å². The van der Waals surface area contributed by atoms with Crippen molar-refractivity contribution in [3.05, 3.63) is 34.6 Å². The zero-order chi connectivity index (χ0) is 28.6. The van der Waals surface area contributed by atoms with E-state index in [4.69, 9.17) is 11.6 Å². The summed E-state index contributed by atoms with van der Waals surface area (Å²) in [7, 11) is 1.59. The molecule has 1 saturated carbocycles. The number of hydrogen-bond acceptors (Lipinski definition) is 10. The van der Waals surface area contributed by atoms with Gasteiger partial charge in [0.25, 0.3) is 0 Å². The van der Waals surface area contributed by atoms with Crippen molar-refractivity contribution in [3.63, 3.8) is 0 Å². The van der Waals surface area contributed by atoms with Gasteiger partial charge in [-0.2, -0.15) is 20.0 Å². The van der Waals surface area contributed by atoms with Gasteiger partial charge in [0.1, 0.15) is 6.07 Å². The Hall–Kier alpha value is -4.33. The van der Waals surface area contributed by atoms with E-state index in [1.54, 1.807) is 19.2 Å². The number of aromatic nitrogens is 4. The average Bonchev–Trinajstić information content (AvgIpc) is 3.64. The highest BCUT2D eigenvalue weighted by molar-refractivity contribution is 6.36. The number of nitriles is 2. The van der Waals surface area contributed by atoms with Gasteiger partial charge in [-0.3, -0.25) is 0 Å². The Morgan fingerprint density at radius 2 is 2.02 bits per heavy atom. The van der Waals surface area contributed by atoms with Crippen molar-refractivity contribution in [2.45, 2.75) is 57.3 Å². The lowest BCUT2D eigenvalue weighted by Gasteiger charge is -2.44. The molecule has 1 aliphatic carbocycles. The van der Waals surface area contributed by atoms with Crippen LogP contribution in [0.25, 0.3) is 5.65 Å². The predicted octanol–water partition coefficient (Wildman–Crippen LogP) is 3.39. The summed E-state index contributed by atoms with van der Waals surface area (Å²) in [4.78, 5) is 24.0. The number of fused-ring (bicyclic) bond motifs is 1. The lowest BCUT2D eigenvalue weighted by atomic mass is 9.96. The summed E-state index contributed by atoms with van der Waals surface area (Å²) in [6.07, 6.45) is 3.09. The van der Waals surface area contributed by atoms with Crippen molar-refractivity contribution < 1.29 is 9.90 Å². The lowest BCUT2D eigenvalue weighted by Crippen LogP contribution is -2.61. The summed E-state index contributed by atoms with van der Waals surface area (Å²) in [5.41, 5.74) is 2.18. The Morgan fingerprint density at radius 3 is 2.67 bits per heavy atom. The molecule has 1 aliphatic heterocycles. The van der Waals surface area contributed by atoms with Crippen LogP contribution in [0.4, 0.5) is 27.9 Å². The van der Waals surface area contributed by atoms with E-state index in [1.165, 1.54) is 15.6 Å². The molecular weight excluding hydrogens is 534 g/mol. The third-order valence-corrected chi connectivity index (χ3v) is 7.48. The van der Waals surface area contributed by atoms with Crippen LogP contribution in [-0.2, 0) is 0 Å². The van der Waals surface area contributed by atoms with E-state index >= 15 is 0 Å². The fourth-order valence-corrected chi connectivity index (χ4v) is 5.28. The topological polar surface area (TPSA) is 171 Å². The quantitative estimate of drug-likeness (QED) is 0.316. The second kappa shape index (κ2) is 11.0. The van der Waals surface area contributed by atoms with Crippen molar-refractivity contribution in [3.8, 4) is 12.1 Å². The van der Waals surface area contributed by atoms with Crippen LogP contribution in [0.15, 0.2) is 18.3 Å². The number of carbonyl (C=O) groups is 1. The molecule has 0 bridgehead atoms. The molecule has 2 atom stereocenters. The highest BCUT2D eigenvalue weighted by Crippen LogP contribution is 2.38. The fourth-order valence-electron chi connectivity index (χ4n) is 5.00. The van der Waals surface area contributed by atoms with Gasteiger partial charge in [-0.05, 0) is 31.4 Å². The third kappa shape index (κ3) is 5.52. The minimum absolute atomic E-state index is 0.139. The smallest absolute Gasteiger partial charge is 0.407 e. The molecule has 0 radical (unpaired) electrons. The number of hydrogen-bond donors (Lipinski definition) is 4. The monoisotopic (exact) mass is 563 g/mol. The highest BCUT2D eigenvalue weighted by atomic mass is 35.5. The minimum Gasteiger partial charge on any atom is -0.465 e. The first-order valence-electron chi connectivity index (χ1n) is 13.1. The predicted molar refractivity (Wildman–Crippen MR) is 150 cm³/mol. The summed E-state index contributed by atoms with van der Waals surface area (Å²) in [6, 6.07) is 7.71. The van der Waals surface area contributed by atoms with E-state index in [9.17, 15) is 20.4 Å². The summed E-state index contributed by atoms with van der Waals surface area (Å²) in [5, 5.41) is 43.7. The number of nitrogens with zero attached hydrogens (tertiary/aromatic N) is 8. The van der Waals surface area contributed by atoms with Crippen LogP contribution in [0.5, 0.6) is 0 Å². The number of amides is 1. The number of piperidine rings is 1. The zero-order valence-electron chi connectivity index (χ0n) is 22.4. The van der Waals surface area contributed by atoms with Crippen LogP contribution < -0.4 is 20.9 Å². The van der Waals surface area contributed by atoms with Crippen LogP contribution in [0.2, 0.25) is 5.02 Å². The first-order valence-corrected chi connectivity index (χ1v) is 13.5. The molecule has 14 heteroatoms. The highest BCUT2D eigenvalue weighted by Gasteiger charge is 2.35. The molecule has 3 aromatic rings. The first-order chi connectivity index (χ1) is 19.2. The van der Waals surface area contributed by atoms with Gasteiger partial charge in [-0.25, -0.2) is 9.78 Å². The van der Waals surface area contributed by atoms with Gasteiger partial charge in [-0.15, -0.1) is 5.10 Å². The lowest BCUT2D eigenvalue weighted by molar-refractivity contribution is 0.117. The maximum Gasteiger partial charge on any atom is 0.407 e. The van der Waals surface area contributed by atoms with Crippen LogP contribution in [0.1, 0.15) is 44.4 Å². The van der Waals surface area contributed by atoms with Gasteiger partial charge in [-0.1, -0.05) is 25.4 Å². The molecule has 2 aromatic heterocycles. The number of anilines is 4. The van der Waals surface area contributed by atoms with Crippen LogP contribution in [-0.4, -0.2) is 80.0 Å². The maximum absolute atomic E-state index is 11.7. The number of benzene rings is 1.